The van der Waals surface area contributed by atoms with Crippen molar-refractivity contribution in [3.05, 3.63) is 0 Å². The molecule has 0 atom stereocenters. The van der Waals surface area contributed by atoms with E-state index >= 15 is 0 Å². The van der Waals surface area contributed by atoms with E-state index < -0.39 is 5.97 Å². The van der Waals surface area contributed by atoms with Crippen LogP contribution in [-0.2, 0) is 19.1 Å². The Hall–Kier alpha value is -1.02. The second kappa shape index (κ2) is 11.1. The van der Waals surface area contributed by atoms with Gasteiger partial charge in [-0.3, -0.25) is 14.5 Å². The van der Waals surface area contributed by atoms with Gasteiger partial charge in [0.05, 0.1) is 19.6 Å². The summed E-state index contributed by atoms with van der Waals surface area (Å²) < 4.78 is 9.34. The maximum absolute atomic E-state index is 11.3. The molecule has 7 nitrogen and oxygen atoms in total. The summed E-state index contributed by atoms with van der Waals surface area (Å²) in [6, 6.07) is 0. The molecule has 0 aliphatic rings. The van der Waals surface area contributed by atoms with Crippen LogP contribution in [0.15, 0.2) is 0 Å². The number of esters is 1. The summed E-state index contributed by atoms with van der Waals surface area (Å²) in [5.41, 5.74) is 0. The Morgan fingerprint density at radius 1 is 1.06 bits per heavy atom. The smallest absolute Gasteiger partial charge is 0.307 e. The number of hydrogen-bond acceptors (Lipinski definition) is 7. The first-order valence-electron chi connectivity index (χ1n) is 5.74. The molecule has 18 heavy (non-hydrogen) atoms. The zero-order valence-corrected chi connectivity index (χ0v) is 10.6. The van der Waals surface area contributed by atoms with Gasteiger partial charge >= 0.3 is 5.97 Å². The molecular weight excluding hydrogens is 242 g/mol. The third kappa shape index (κ3) is 9.06. The number of ketones is 1. The van der Waals surface area contributed by atoms with Crippen LogP contribution < -0.4 is 0 Å². The van der Waals surface area contributed by atoms with E-state index in [2.05, 4.69) is 4.74 Å². The van der Waals surface area contributed by atoms with Gasteiger partial charge in [0.1, 0.15) is 6.61 Å². The second-order valence-corrected chi connectivity index (χ2v) is 3.67. The highest BCUT2D eigenvalue weighted by Gasteiger charge is 2.10. The Labute approximate surface area is 106 Å². The van der Waals surface area contributed by atoms with Crippen LogP contribution >= 0.6 is 0 Å². The first kappa shape index (κ1) is 17.0. The molecule has 0 rings (SSSR count). The highest BCUT2D eigenvalue weighted by Crippen LogP contribution is 1.94. The van der Waals surface area contributed by atoms with Crippen LogP contribution in [0.4, 0.5) is 0 Å². The third-order valence-corrected chi connectivity index (χ3v) is 2.16. The van der Waals surface area contributed by atoms with Gasteiger partial charge in [0.2, 0.25) is 0 Å². The summed E-state index contributed by atoms with van der Waals surface area (Å²) in [6.45, 7) is 0.704. The minimum absolute atomic E-state index is 0.0403. The summed E-state index contributed by atoms with van der Waals surface area (Å²) in [4.78, 5) is 24.0. The number of ether oxygens (including phenoxy) is 2. The average Bonchev–Trinajstić information content (AvgIpc) is 2.34. The number of nitrogens with zero attached hydrogens (tertiary/aromatic N) is 1. The molecule has 0 aromatic rings. The van der Waals surface area contributed by atoms with Crippen molar-refractivity contribution in [1.82, 2.24) is 4.90 Å². The van der Waals surface area contributed by atoms with Crippen LogP contribution in [0.5, 0.6) is 0 Å². The summed E-state index contributed by atoms with van der Waals surface area (Å²) in [5, 5.41) is 17.5. The van der Waals surface area contributed by atoms with Gasteiger partial charge in [0.25, 0.3) is 0 Å². The molecule has 0 fully saturated rings. The minimum Gasteiger partial charge on any atom is -0.458 e. The van der Waals surface area contributed by atoms with Crippen molar-refractivity contribution in [2.45, 2.75) is 6.42 Å². The van der Waals surface area contributed by atoms with Crippen LogP contribution in [0.3, 0.4) is 0 Å². The summed E-state index contributed by atoms with van der Waals surface area (Å²) in [6.07, 6.45) is 0.111. The van der Waals surface area contributed by atoms with Gasteiger partial charge in [0.15, 0.2) is 12.4 Å². The fourth-order valence-corrected chi connectivity index (χ4v) is 1.30. The van der Waals surface area contributed by atoms with Crippen molar-refractivity contribution in [2.24, 2.45) is 0 Å². The van der Waals surface area contributed by atoms with Crippen LogP contribution in [0.1, 0.15) is 6.42 Å². The van der Waals surface area contributed by atoms with E-state index in [4.69, 9.17) is 14.9 Å². The summed E-state index contributed by atoms with van der Waals surface area (Å²) >= 11 is 0. The van der Waals surface area contributed by atoms with Crippen molar-refractivity contribution in [1.29, 1.82) is 0 Å². The molecule has 0 aromatic carbocycles. The Morgan fingerprint density at radius 3 is 2.17 bits per heavy atom. The van der Waals surface area contributed by atoms with Gasteiger partial charge in [0, 0.05) is 26.7 Å². The summed E-state index contributed by atoms with van der Waals surface area (Å²) in [7, 11) is 1.39. The molecule has 0 aromatic heterocycles. The number of methoxy groups -OCH3 is 1. The number of rotatable bonds is 11. The first-order valence-corrected chi connectivity index (χ1v) is 5.74. The van der Waals surface area contributed by atoms with E-state index in [1.807, 2.05) is 0 Å². The molecule has 0 heterocycles. The van der Waals surface area contributed by atoms with E-state index in [-0.39, 0.29) is 38.6 Å². The number of hydrogen-bond donors (Lipinski definition) is 2. The van der Waals surface area contributed by atoms with Crippen LogP contribution in [0.2, 0.25) is 0 Å². The predicted octanol–water partition coefficient (Wildman–Crippen LogP) is -1.58. The number of carbonyl (C=O) groups excluding carboxylic acids is 2. The molecule has 0 bridgehead atoms. The molecule has 0 radical (unpaired) electrons. The standard InChI is InChI=1S/C11H21NO6/c1-17-8-10(15)9-18-11(16)2-3-12(4-6-13)5-7-14/h13-14H,2-9H2,1H3. The summed E-state index contributed by atoms with van der Waals surface area (Å²) in [5.74, 6) is -0.784. The van der Waals surface area contributed by atoms with Gasteiger partial charge in [-0.15, -0.1) is 0 Å². The van der Waals surface area contributed by atoms with Gasteiger partial charge in [-0.05, 0) is 0 Å². The quantitative estimate of drug-likeness (QED) is 0.434. The van der Waals surface area contributed by atoms with Crippen molar-refractivity contribution in [3.63, 3.8) is 0 Å². The number of carbonyl (C=O) groups is 2. The lowest BCUT2D eigenvalue weighted by Crippen LogP contribution is -2.32. The monoisotopic (exact) mass is 263 g/mol. The van der Waals surface area contributed by atoms with E-state index in [9.17, 15) is 9.59 Å². The van der Waals surface area contributed by atoms with E-state index in [0.717, 1.165) is 0 Å². The zero-order chi connectivity index (χ0) is 13.8. The molecule has 0 amide bonds. The lowest BCUT2D eigenvalue weighted by Gasteiger charge is -2.19. The molecule has 0 spiro atoms. The normalized spacial score (nSPS) is 10.7. The molecule has 0 saturated heterocycles. The zero-order valence-electron chi connectivity index (χ0n) is 10.6. The van der Waals surface area contributed by atoms with Gasteiger partial charge < -0.3 is 19.7 Å². The molecule has 7 heteroatoms. The van der Waals surface area contributed by atoms with Gasteiger partial charge in [-0.25, -0.2) is 0 Å². The largest absolute Gasteiger partial charge is 0.458 e. The average molecular weight is 263 g/mol. The Morgan fingerprint density at radius 2 is 1.67 bits per heavy atom. The second-order valence-electron chi connectivity index (χ2n) is 3.67. The molecule has 0 aliphatic carbocycles. The van der Waals surface area contributed by atoms with E-state index in [0.29, 0.717) is 19.6 Å². The topological polar surface area (TPSA) is 96.3 Å². The number of aliphatic hydroxyl groups is 2. The van der Waals surface area contributed by atoms with Crippen molar-refractivity contribution in [2.75, 3.05) is 53.2 Å². The molecular formula is C11H21NO6. The van der Waals surface area contributed by atoms with Crippen LogP contribution in [-0.4, -0.2) is 80.0 Å². The molecule has 2 N–H and O–H groups in total. The van der Waals surface area contributed by atoms with Gasteiger partial charge in [-0.2, -0.15) is 0 Å². The fraction of sp³-hybridized carbons (Fsp3) is 0.818. The molecule has 106 valence electrons. The van der Waals surface area contributed by atoms with Crippen molar-refractivity contribution < 1.29 is 29.3 Å². The Balaban J connectivity index is 3.76. The SMILES string of the molecule is COCC(=O)COC(=O)CCN(CCO)CCO. The molecule has 0 saturated carbocycles. The van der Waals surface area contributed by atoms with E-state index in [1.54, 1.807) is 4.90 Å². The van der Waals surface area contributed by atoms with Crippen molar-refractivity contribution >= 4 is 11.8 Å². The Bertz CT molecular complexity index is 240. The highest BCUT2D eigenvalue weighted by atomic mass is 16.5. The lowest BCUT2D eigenvalue weighted by molar-refractivity contribution is -0.149. The third-order valence-electron chi connectivity index (χ3n) is 2.16. The minimum atomic E-state index is -0.486. The van der Waals surface area contributed by atoms with Gasteiger partial charge in [-0.1, -0.05) is 0 Å². The number of Topliss-reactive ketones (excluding diaryl/α,β-unsaturated/α-hetero) is 1. The maximum Gasteiger partial charge on any atom is 0.307 e. The Kier molecular flexibility index (Phi) is 10.5. The highest BCUT2D eigenvalue weighted by molar-refractivity contribution is 5.83. The predicted molar refractivity (Wildman–Crippen MR) is 63.1 cm³/mol. The fourth-order valence-electron chi connectivity index (χ4n) is 1.30. The van der Waals surface area contributed by atoms with Crippen LogP contribution in [0, 0.1) is 0 Å². The van der Waals surface area contributed by atoms with Crippen LogP contribution in [0.25, 0.3) is 0 Å². The lowest BCUT2D eigenvalue weighted by atomic mass is 10.3. The molecule has 0 aliphatic heterocycles. The number of aliphatic hydroxyl groups excluding tert-OH is 2. The maximum atomic E-state index is 11.3. The van der Waals surface area contributed by atoms with E-state index in [1.165, 1.54) is 7.11 Å². The first-order chi connectivity index (χ1) is 8.63. The van der Waals surface area contributed by atoms with Crippen molar-refractivity contribution in [3.8, 4) is 0 Å². The molecule has 0 unspecified atom stereocenters.